The number of nitrogens with zero attached hydrogens (tertiary/aromatic N) is 1. The second kappa shape index (κ2) is 8.68. The van der Waals surface area contributed by atoms with Crippen molar-refractivity contribution in [2.24, 2.45) is 0 Å². The fourth-order valence-corrected chi connectivity index (χ4v) is 3.49. The lowest BCUT2D eigenvalue weighted by Gasteiger charge is -2.24. The molecule has 0 unspecified atom stereocenters. The van der Waals surface area contributed by atoms with Gasteiger partial charge in [0.1, 0.15) is 6.54 Å². The van der Waals surface area contributed by atoms with Crippen molar-refractivity contribution in [3.63, 3.8) is 0 Å². The summed E-state index contributed by atoms with van der Waals surface area (Å²) in [6.45, 7) is 1.49. The molecule has 0 saturated carbocycles. The minimum atomic E-state index is -3.82. The Hall–Kier alpha value is -2.87. The maximum atomic E-state index is 12.5. The summed E-state index contributed by atoms with van der Waals surface area (Å²) in [5.41, 5.74) is 1.71. The summed E-state index contributed by atoms with van der Waals surface area (Å²) in [6, 6.07) is 13.4. The maximum absolute atomic E-state index is 12.5. The number of para-hydroxylation sites is 2. The first-order chi connectivity index (χ1) is 12.8. The van der Waals surface area contributed by atoms with E-state index < -0.39 is 28.4 Å². The molecule has 144 valence electrons. The Morgan fingerprint density at radius 3 is 2.33 bits per heavy atom. The monoisotopic (exact) mass is 390 g/mol. The van der Waals surface area contributed by atoms with Gasteiger partial charge in [-0.15, -0.1) is 0 Å². The summed E-state index contributed by atoms with van der Waals surface area (Å²) < 4.78 is 30.2. The van der Waals surface area contributed by atoms with Gasteiger partial charge in [-0.25, -0.2) is 13.2 Å². The molecular weight excluding hydrogens is 368 g/mol. The van der Waals surface area contributed by atoms with E-state index in [0.717, 1.165) is 22.5 Å². The summed E-state index contributed by atoms with van der Waals surface area (Å²) in [6.07, 6.45) is 1.70. The number of amides is 1. The number of sulfonamides is 1. The number of ether oxygens (including phenoxy) is 1. The molecule has 0 fully saturated rings. The first-order valence-corrected chi connectivity index (χ1v) is 10.2. The molecule has 0 bridgehead atoms. The number of aryl methyl sites for hydroxylation is 1. The maximum Gasteiger partial charge on any atom is 0.340 e. The van der Waals surface area contributed by atoms with Crippen molar-refractivity contribution in [2.45, 2.75) is 13.3 Å². The Bertz CT molecular complexity index is 941. The molecule has 0 aliphatic carbocycles. The van der Waals surface area contributed by atoms with Crippen molar-refractivity contribution in [3.05, 3.63) is 59.7 Å². The van der Waals surface area contributed by atoms with Crippen molar-refractivity contribution in [1.82, 2.24) is 0 Å². The van der Waals surface area contributed by atoms with Crippen molar-refractivity contribution < 1.29 is 22.7 Å². The topological polar surface area (TPSA) is 92.8 Å². The van der Waals surface area contributed by atoms with Crippen LogP contribution < -0.4 is 9.62 Å². The van der Waals surface area contributed by atoms with Gasteiger partial charge < -0.3 is 10.1 Å². The quantitative estimate of drug-likeness (QED) is 0.733. The molecule has 27 heavy (non-hydrogen) atoms. The van der Waals surface area contributed by atoms with Crippen molar-refractivity contribution in [2.75, 3.05) is 29.5 Å². The van der Waals surface area contributed by atoms with E-state index in [9.17, 15) is 18.0 Å². The molecule has 0 aromatic heterocycles. The number of hydrogen-bond donors (Lipinski definition) is 1. The molecule has 1 N–H and O–H groups in total. The molecule has 0 atom stereocenters. The molecule has 0 heterocycles. The van der Waals surface area contributed by atoms with E-state index in [2.05, 4.69) is 5.32 Å². The number of anilines is 2. The van der Waals surface area contributed by atoms with Gasteiger partial charge in [0.05, 0.1) is 24.6 Å². The van der Waals surface area contributed by atoms with Gasteiger partial charge in [0.25, 0.3) is 0 Å². The molecule has 2 rings (SSSR count). The van der Waals surface area contributed by atoms with Gasteiger partial charge in [-0.3, -0.25) is 9.10 Å². The molecule has 0 saturated heterocycles. The van der Waals surface area contributed by atoms with Gasteiger partial charge in [0, 0.05) is 5.69 Å². The van der Waals surface area contributed by atoms with Gasteiger partial charge in [-0.2, -0.15) is 0 Å². The number of methoxy groups -OCH3 is 1. The predicted molar refractivity (Wildman–Crippen MR) is 104 cm³/mol. The van der Waals surface area contributed by atoms with Crippen molar-refractivity contribution >= 4 is 33.3 Å². The van der Waals surface area contributed by atoms with Crippen LogP contribution in [0.1, 0.15) is 22.8 Å². The van der Waals surface area contributed by atoms with E-state index in [1.165, 1.54) is 19.2 Å². The van der Waals surface area contributed by atoms with E-state index in [0.29, 0.717) is 5.69 Å². The van der Waals surface area contributed by atoms with Crippen LogP contribution in [0.2, 0.25) is 0 Å². The second-order valence-corrected chi connectivity index (χ2v) is 7.74. The van der Waals surface area contributed by atoms with E-state index in [1.807, 2.05) is 19.1 Å². The highest BCUT2D eigenvalue weighted by molar-refractivity contribution is 7.92. The SMILES string of the molecule is CCc1ccccc1NC(=O)CN(c1ccccc1C(=O)OC)S(C)(=O)=O. The summed E-state index contributed by atoms with van der Waals surface area (Å²) in [4.78, 5) is 24.5. The highest BCUT2D eigenvalue weighted by Crippen LogP contribution is 2.24. The summed E-state index contributed by atoms with van der Waals surface area (Å²) in [5.74, 6) is -1.20. The van der Waals surface area contributed by atoms with Gasteiger partial charge in [-0.1, -0.05) is 37.3 Å². The molecule has 7 nitrogen and oxygen atoms in total. The first kappa shape index (κ1) is 20.4. The molecule has 0 spiro atoms. The standard InChI is InChI=1S/C19H22N2O5S/c1-4-14-9-5-7-11-16(14)20-18(22)13-21(27(3,24)25)17-12-8-6-10-15(17)19(23)26-2/h5-12H,4,13H2,1-3H3,(H,20,22). The largest absolute Gasteiger partial charge is 0.465 e. The number of rotatable bonds is 7. The molecular formula is C19H22N2O5S. The van der Waals surface area contributed by atoms with Crippen LogP contribution in [0.15, 0.2) is 48.5 Å². The average Bonchev–Trinajstić information content (AvgIpc) is 2.65. The van der Waals surface area contributed by atoms with E-state index >= 15 is 0 Å². The minimum Gasteiger partial charge on any atom is -0.465 e. The average molecular weight is 390 g/mol. The van der Waals surface area contributed by atoms with Crippen molar-refractivity contribution in [3.8, 4) is 0 Å². The molecule has 0 aliphatic rings. The fourth-order valence-electron chi connectivity index (χ4n) is 2.63. The number of benzene rings is 2. The Kier molecular flexibility index (Phi) is 6.57. The molecule has 2 aromatic rings. The number of esters is 1. The van der Waals surface area contributed by atoms with E-state index in [-0.39, 0.29) is 11.3 Å². The zero-order valence-electron chi connectivity index (χ0n) is 15.4. The van der Waals surface area contributed by atoms with Gasteiger partial charge in [0.15, 0.2) is 0 Å². The van der Waals surface area contributed by atoms with Crippen LogP contribution in [0, 0.1) is 0 Å². The van der Waals surface area contributed by atoms with Gasteiger partial charge in [-0.05, 0) is 30.2 Å². The highest BCUT2D eigenvalue weighted by atomic mass is 32.2. The third-order valence-corrected chi connectivity index (χ3v) is 5.06. The van der Waals surface area contributed by atoms with Gasteiger partial charge in [0.2, 0.25) is 15.9 Å². The lowest BCUT2D eigenvalue weighted by Crippen LogP contribution is -2.38. The molecule has 1 amide bonds. The number of hydrogen-bond acceptors (Lipinski definition) is 5. The van der Waals surface area contributed by atoms with E-state index in [4.69, 9.17) is 4.74 Å². The van der Waals surface area contributed by atoms with Crippen LogP contribution in [-0.2, 0) is 26.0 Å². The van der Waals surface area contributed by atoms with Gasteiger partial charge >= 0.3 is 5.97 Å². The Balaban J connectivity index is 2.34. The lowest BCUT2D eigenvalue weighted by atomic mass is 10.1. The van der Waals surface area contributed by atoms with Crippen LogP contribution in [0.25, 0.3) is 0 Å². The molecule has 0 radical (unpaired) electrons. The van der Waals surface area contributed by atoms with Crippen molar-refractivity contribution in [1.29, 1.82) is 0 Å². The predicted octanol–water partition coefficient (Wildman–Crippen LogP) is 2.44. The van der Waals surface area contributed by atoms with E-state index in [1.54, 1.807) is 24.3 Å². The van der Waals surface area contributed by atoms with Crippen LogP contribution >= 0.6 is 0 Å². The first-order valence-electron chi connectivity index (χ1n) is 8.30. The number of carbonyl (C=O) groups excluding carboxylic acids is 2. The van der Waals surface area contributed by atoms with Crippen LogP contribution in [-0.4, -0.2) is 40.2 Å². The second-order valence-electron chi connectivity index (χ2n) is 5.84. The Morgan fingerprint density at radius 2 is 1.70 bits per heavy atom. The lowest BCUT2D eigenvalue weighted by molar-refractivity contribution is -0.114. The molecule has 0 aliphatic heterocycles. The fraction of sp³-hybridized carbons (Fsp3) is 0.263. The smallest absolute Gasteiger partial charge is 0.340 e. The summed E-state index contributed by atoms with van der Waals surface area (Å²) in [5, 5.41) is 2.74. The van der Waals surface area contributed by atoms with Crippen LogP contribution in [0.3, 0.4) is 0 Å². The third kappa shape index (κ3) is 5.07. The zero-order valence-corrected chi connectivity index (χ0v) is 16.2. The highest BCUT2D eigenvalue weighted by Gasteiger charge is 2.25. The molecule has 2 aromatic carbocycles. The summed E-state index contributed by atoms with van der Waals surface area (Å²) >= 11 is 0. The van der Waals surface area contributed by atoms with Crippen LogP contribution in [0.5, 0.6) is 0 Å². The summed E-state index contributed by atoms with van der Waals surface area (Å²) in [7, 11) is -2.61. The normalized spacial score (nSPS) is 10.9. The van der Waals surface area contributed by atoms with Crippen LogP contribution in [0.4, 0.5) is 11.4 Å². The number of carbonyl (C=O) groups is 2. The third-order valence-electron chi connectivity index (χ3n) is 3.94. The Morgan fingerprint density at radius 1 is 1.07 bits per heavy atom. The minimum absolute atomic E-state index is 0.0622. The zero-order chi connectivity index (χ0) is 20.0. The molecule has 8 heteroatoms. The number of nitrogens with one attached hydrogen (secondary N) is 1. The Labute approximate surface area is 159 Å².